The maximum atomic E-state index is 10.9. The lowest BCUT2D eigenvalue weighted by Gasteiger charge is -2.37. The Hall–Kier alpha value is -1.97. The van der Waals surface area contributed by atoms with Gasteiger partial charge in [-0.2, -0.15) is 0 Å². The average Bonchev–Trinajstić information content (AvgIpc) is 2.56. The molecule has 0 spiro atoms. The molecule has 146 valence electrons. The molecule has 1 N–H and O–H groups in total. The van der Waals surface area contributed by atoms with Crippen LogP contribution in [0.5, 0.6) is 11.5 Å². The number of esters is 1. The van der Waals surface area contributed by atoms with Gasteiger partial charge in [-0.25, -0.2) is 0 Å². The molecule has 1 aromatic rings. The number of carbonyl (C=O) groups excluding carboxylic acids is 1. The Morgan fingerprint density at radius 2 is 2.00 bits per heavy atom. The van der Waals surface area contributed by atoms with E-state index in [1.165, 1.54) is 26.9 Å². The van der Waals surface area contributed by atoms with Crippen LogP contribution < -0.4 is 4.74 Å². The second-order valence-electron chi connectivity index (χ2n) is 7.62. The van der Waals surface area contributed by atoms with Crippen LogP contribution in [0.2, 0.25) is 0 Å². The molecule has 1 aliphatic carbocycles. The Kier molecular flexibility index (Phi) is 8.70. The monoisotopic (exact) mass is 362 g/mol. The standard InChI is InChI=1S/C12H22O2.C10H12O2/c1-9(2)11-5-7-12(4,8-6-11)14-10(3)13;1-3-4-8-5-6-9(11)10(7-8)12-2/h9,11H,5-8H2,1-4H3;3,5-7,11H,1,4H2,2H3. The number of carbonyl (C=O) groups is 1. The zero-order valence-corrected chi connectivity index (χ0v) is 16.9. The van der Waals surface area contributed by atoms with Gasteiger partial charge < -0.3 is 14.6 Å². The molecular formula is C22H34O4. The van der Waals surface area contributed by atoms with Gasteiger partial charge in [0.25, 0.3) is 0 Å². The van der Waals surface area contributed by atoms with Crippen LogP contribution in [0.15, 0.2) is 30.9 Å². The Bertz CT molecular complexity index is 584. The molecule has 1 aliphatic rings. The Balaban J connectivity index is 0.000000263. The molecule has 0 unspecified atom stereocenters. The summed E-state index contributed by atoms with van der Waals surface area (Å²) in [5, 5.41) is 9.25. The predicted molar refractivity (Wildman–Crippen MR) is 106 cm³/mol. The summed E-state index contributed by atoms with van der Waals surface area (Å²) in [6.07, 6.45) is 7.04. The summed E-state index contributed by atoms with van der Waals surface area (Å²) in [6, 6.07) is 5.27. The van der Waals surface area contributed by atoms with Crippen molar-refractivity contribution in [2.24, 2.45) is 11.8 Å². The number of hydrogen-bond acceptors (Lipinski definition) is 4. The second kappa shape index (κ2) is 10.2. The van der Waals surface area contributed by atoms with Crippen LogP contribution >= 0.6 is 0 Å². The second-order valence-corrected chi connectivity index (χ2v) is 7.62. The SMILES string of the molecule is C=CCc1ccc(O)c(OC)c1.CC(=O)OC1(C)CCC(C(C)C)CC1. The molecule has 0 aromatic heterocycles. The number of phenols is 1. The van der Waals surface area contributed by atoms with E-state index in [9.17, 15) is 9.90 Å². The van der Waals surface area contributed by atoms with E-state index in [4.69, 9.17) is 9.47 Å². The van der Waals surface area contributed by atoms with Crippen molar-refractivity contribution in [2.75, 3.05) is 7.11 Å². The summed E-state index contributed by atoms with van der Waals surface area (Å²) in [5.74, 6) is 2.12. The van der Waals surface area contributed by atoms with Crippen molar-refractivity contribution in [1.29, 1.82) is 0 Å². The van der Waals surface area contributed by atoms with Crippen LogP contribution in [0.4, 0.5) is 0 Å². The van der Waals surface area contributed by atoms with E-state index in [2.05, 4.69) is 27.4 Å². The van der Waals surface area contributed by atoms with Gasteiger partial charge in [-0.15, -0.1) is 6.58 Å². The van der Waals surface area contributed by atoms with Crippen molar-refractivity contribution in [2.45, 2.75) is 65.4 Å². The van der Waals surface area contributed by atoms with Gasteiger partial charge in [0.05, 0.1) is 7.11 Å². The highest BCUT2D eigenvalue weighted by Crippen LogP contribution is 2.37. The fraction of sp³-hybridized carbons (Fsp3) is 0.591. The molecular weight excluding hydrogens is 328 g/mol. The van der Waals surface area contributed by atoms with E-state index < -0.39 is 0 Å². The van der Waals surface area contributed by atoms with Crippen LogP contribution in [-0.2, 0) is 16.0 Å². The number of aromatic hydroxyl groups is 1. The first kappa shape index (κ1) is 22.1. The molecule has 4 heteroatoms. The number of benzene rings is 1. The summed E-state index contributed by atoms with van der Waals surface area (Å²) < 4.78 is 10.3. The zero-order chi connectivity index (χ0) is 19.7. The normalized spacial score (nSPS) is 22.2. The quantitative estimate of drug-likeness (QED) is 0.571. The third kappa shape index (κ3) is 7.11. The van der Waals surface area contributed by atoms with Gasteiger partial charge in [0.15, 0.2) is 11.5 Å². The fourth-order valence-electron chi connectivity index (χ4n) is 3.38. The summed E-state index contributed by atoms with van der Waals surface area (Å²) >= 11 is 0. The first-order valence-corrected chi connectivity index (χ1v) is 9.37. The van der Waals surface area contributed by atoms with E-state index in [-0.39, 0.29) is 17.3 Å². The smallest absolute Gasteiger partial charge is 0.303 e. The Morgan fingerprint density at radius 1 is 1.38 bits per heavy atom. The molecule has 0 atom stereocenters. The molecule has 0 aliphatic heterocycles. The van der Waals surface area contributed by atoms with Crippen molar-refractivity contribution < 1.29 is 19.4 Å². The lowest BCUT2D eigenvalue weighted by atomic mass is 9.75. The predicted octanol–water partition coefficient (Wildman–Crippen LogP) is 5.28. The fourth-order valence-corrected chi connectivity index (χ4v) is 3.38. The third-order valence-electron chi connectivity index (χ3n) is 5.05. The highest BCUT2D eigenvalue weighted by molar-refractivity contribution is 5.66. The van der Waals surface area contributed by atoms with Crippen molar-refractivity contribution in [1.82, 2.24) is 0 Å². The van der Waals surface area contributed by atoms with E-state index in [0.717, 1.165) is 36.7 Å². The number of allylic oxidation sites excluding steroid dienone is 1. The number of hydrogen-bond donors (Lipinski definition) is 1. The molecule has 0 amide bonds. The summed E-state index contributed by atoms with van der Waals surface area (Å²) in [6.45, 7) is 11.7. The first-order valence-electron chi connectivity index (χ1n) is 9.37. The Labute approximate surface area is 158 Å². The highest BCUT2D eigenvalue weighted by Gasteiger charge is 2.34. The molecule has 4 nitrogen and oxygen atoms in total. The molecule has 1 aromatic carbocycles. The van der Waals surface area contributed by atoms with E-state index in [0.29, 0.717) is 5.75 Å². The summed E-state index contributed by atoms with van der Waals surface area (Å²) in [5.41, 5.74) is 0.900. The number of ether oxygens (including phenoxy) is 2. The van der Waals surface area contributed by atoms with Gasteiger partial charge in [0.2, 0.25) is 0 Å². The van der Waals surface area contributed by atoms with Crippen molar-refractivity contribution in [3.05, 3.63) is 36.4 Å². The minimum atomic E-state index is -0.183. The molecule has 1 saturated carbocycles. The van der Waals surface area contributed by atoms with Gasteiger partial charge >= 0.3 is 5.97 Å². The number of rotatable bonds is 5. The summed E-state index contributed by atoms with van der Waals surface area (Å²) in [7, 11) is 1.53. The third-order valence-corrected chi connectivity index (χ3v) is 5.05. The van der Waals surface area contributed by atoms with E-state index in [1.54, 1.807) is 12.1 Å². The molecule has 0 bridgehead atoms. The van der Waals surface area contributed by atoms with Crippen molar-refractivity contribution in [3.8, 4) is 11.5 Å². The number of phenolic OH excluding ortho intramolecular Hbond substituents is 1. The molecule has 1 fully saturated rings. The maximum Gasteiger partial charge on any atom is 0.303 e. The van der Waals surface area contributed by atoms with Crippen LogP contribution in [0, 0.1) is 11.8 Å². The van der Waals surface area contributed by atoms with Crippen molar-refractivity contribution >= 4 is 5.97 Å². The van der Waals surface area contributed by atoms with Crippen molar-refractivity contribution in [3.63, 3.8) is 0 Å². The largest absolute Gasteiger partial charge is 0.504 e. The zero-order valence-electron chi connectivity index (χ0n) is 16.9. The first-order chi connectivity index (χ1) is 12.2. The number of methoxy groups -OCH3 is 1. The average molecular weight is 363 g/mol. The molecule has 0 heterocycles. The molecule has 0 saturated heterocycles. The molecule has 2 rings (SSSR count). The van der Waals surface area contributed by atoms with Gasteiger partial charge in [-0.1, -0.05) is 26.0 Å². The maximum absolute atomic E-state index is 10.9. The highest BCUT2D eigenvalue weighted by atomic mass is 16.6. The van der Waals surface area contributed by atoms with Crippen LogP contribution in [0.25, 0.3) is 0 Å². The van der Waals surface area contributed by atoms with Gasteiger partial charge in [-0.3, -0.25) is 4.79 Å². The van der Waals surface area contributed by atoms with Gasteiger partial charge in [0, 0.05) is 6.92 Å². The van der Waals surface area contributed by atoms with E-state index >= 15 is 0 Å². The van der Waals surface area contributed by atoms with Gasteiger partial charge in [0.1, 0.15) is 5.60 Å². The topological polar surface area (TPSA) is 55.8 Å². The molecule has 26 heavy (non-hydrogen) atoms. The van der Waals surface area contributed by atoms with Crippen LogP contribution in [-0.4, -0.2) is 23.8 Å². The van der Waals surface area contributed by atoms with Crippen LogP contribution in [0.3, 0.4) is 0 Å². The lowest BCUT2D eigenvalue weighted by Crippen LogP contribution is -2.36. The van der Waals surface area contributed by atoms with Crippen LogP contribution in [0.1, 0.15) is 58.9 Å². The summed E-state index contributed by atoms with van der Waals surface area (Å²) in [4.78, 5) is 10.9. The van der Waals surface area contributed by atoms with E-state index in [1.807, 2.05) is 12.1 Å². The Morgan fingerprint density at radius 3 is 2.46 bits per heavy atom. The lowest BCUT2D eigenvalue weighted by molar-refractivity contribution is -0.159. The minimum absolute atomic E-state index is 0.143. The minimum Gasteiger partial charge on any atom is -0.504 e. The molecule has 0 radical (unpaired) electrons. The van der Waals surface area contributed by atoms with Gasteiger partial charge in [-0.05, 0) is 68.6 Å².